The lowest BCUT2D eigenvalue weighted by atomic mass is 9.86. The Kier molecular flexibility index (Phi) is 7.67. The number of hydrogen-bond acceptors (Lipinski definition) is 6. The van der Waals surface area contributed by atoms with Crippen LogP contribution in [0.3, 0.4) is 0 Å². The van der Waals surface area contributed by atoms with E-state index in [0.29, 0.717) is 29.7 Å². The summed E-state index contributed by atoms with van der Waals surface area (Å²) in [5, 5.41) is 18.5. The Bertz CT molecular complexity index is 880. The molecule has 8 nitrogen and oxygen atoms in total. The van der Waals surface area contributed by atoms with Crippen LogP contribution >= 0.6 is 12.4 Å². The zero-order valence-electron chi connectivity index (χ0n) is 16.1. The van der Waals surface area contributed by atoms with E-state index in [-0.39, 0.29) is 42.1 Å². The van der Waals surface area contributed by atoms with E-state index in [1.54, 1.807) is 30.3 Å². The van der Waals surface area contributed by atoms with Gasteiger partial charge in [0.2, 0.25) is 0 Å². The van der Waals surface area contributed by atoms with Gasteiger partial charge in [-0.1, -0.05) is 24.3 Å². The SMILES string of the molecule is COC(=O)[C@H]1CC[C@H](NC(=O)c2cnnc(-c3ccc(C(=N)N)cc3)c2)CC1.Cl. The van der Waals surface area contributed by atoms with Crippen LogP contribution in [0.2, 0.25) is 0 Å². The van der Waals surface area contributed by atoms with Crippen molar-refractivity contribution in [3.05, 3.63) is 47.7 Å². The molecule has 154 valence electrons. The summed E-state index contributed by atoms with van der Waals surface area (Å²) in [4.78, 5) is 24.2. The van der Waals surface area contributed by atoms with Gasteiger partial charge in [-0.05, 0) is 31.7 Å². The van der Waals surface area contributed by atoms with Crippen LogP contribution in [0.5, 0.6) is 0 Å². The first-order valence-corrected chi connectivity index (χ1v) is 9.14. The average molecular weight is 418 g/mol. The molecule has 0 radical (unpaired) electrons. The number of carbonyl (C=O) groups is 2. The van der Waals surface area contributed by atoms with Crippen molar-refractivity contribution in [2.24, 2.45) is 11.7 Å². The quantitative estimate of drug-likeness (QED) is 0.388. The van der Waals surface area contributed by atoms with E-state index in [2.05, 4.69) is 15.5 Å². The molecule has 0 aliphatic heterocycles. The maximum absolute atomic E-state index is 12.6. The fraction of sp³-hybridized carbons (Fsp3) is 0.350. The fourth-order valence-corrected chi connectivity index (χ4v) is 3.36. The summed E-state index contributed by atoms with van der Waals surface area (Å²) < 4.78 is 4.79. The number of amides is 1. The first kappa shape index (κ1) is 22.3. The molecule has 0 atom stereocenters. The Balaban J connectivity index is 0.00000300. The van der Waals surface area contributed by atoms with Crippen molar-refractivity contribution in [3.8, 4) is 11.3 Å². The molecule has 3 rings (SSSR count). The lowest BCUT2D eigenvalue weighted by Crippen LogP contribution is -2.39. The van der Waals surface area contributed by atoms with Gasteiger partial charge in [0, 0.05) is 17.2 Å². The van der Waals surface area contributed by atoms with E-state index < -0.39 is 0 Å². The molecule has 1 fully saturated rings. The highest BCUT2D eigenvalue weighted by Gasteiger charge is 2.27. The first-order valence-electron chi connectivity index (χ1n) is 9.14. The van der Waals surface area contributed by atoms with Gasteiger partial charge in [-0.2, -0.15) is 10.2 Å². The standard InChI is InChI=1S/C20H23N5O3.ClH/c1-28-20(27)14-6-8-16(9-7-14)24-19(26)15-10-17(25-23-11-15)12-2-4-13(5-3-12)18(21)22;/h2-5,10-11,14,16H,6-9H2,1H3,(H3,21,22)(H,24,26);1H/t14-,16-;. The number of esters is 1. The van der Waals surface area contributed by atoms with Crippen molar-refractivity contribution in [3.63, 3.8) is 0 Å². The molecule has 1 aliphatic rings. The number of nitrogens with one attached hydrogen (secondary N) is 2. The Morgan fingerprint density at radius 1 is 1.14 bits per heavy atom. The monoisotopic (exact) mass is 417 g/mol. The van der Waals surface area contributed by atoms with Crippen LogP contribution in [0.4, 0.5) is 0 Å². The third-order valence-electron chi connectivity index (χ3n) is 5.01. The minimum absolute atomic E-state index is 0. The van der Waals surface area contributed by atoms with Crippen LogP contribution in [-0.4, -0.2) is 41.1 Å². The molecule has 0 unspecified atom stereocenters. The number of aromatic nitrogens is 2. The highest BCUT2D eigenvalue weighted by molar-refractivity contribution is 5.96. The molecule has 1 amide bonds. The molecule has 1 aromatic carbocycles. The molecular formula is C20H24ClN5O3. The molecule has 0 bridgehead atoms. The van der Waals surface area contributed by atoms with Gasteiger partial charge in [-0.25, -0.2) is 0 Å². The van der Waals surface area contributed by atoms with Crippen LogP contribution in [0.25, 0.3) is 11.3 Å². The van der Waals surface area contributed by atoms with E-state index in [1.807, 2.05) is 0 Å². The Hall–Kier alpha value is -3.00. The summed E-state index contributed by atoms with van der Waals surface area (Å²) in [5.74, 6) is -0.473. The maximum atomic E-state index is 12.6. The van der Waals surface area contributed by atoms with E-state index in [0.717, 1.165) is 18.4 Å². The number of methoxy groups -OCH3 is 1. The van der Waals surface area contributed by atoms with Gasteiger partial charge in [0.15, 0.2) is 0 Å². The summed E-state index contributed by atoms with van der Waals surface area (Å²) in [7, 11) is 1.40. The maximum Gasteiger partial charge on any atom is 0.308 e. The third kappa shape index (κ3) is 5.51. The van der Waals surface area contributed by atoms with Crippen LogP contribution in [-0.2, 0) is 9.53 Å². The minimum atomic E-state index is -0.210. The van der Waals surface area contributed by atoms with Gasteiger partial charge in [0.1, 0.15) is 5.84 Å². The smallest absolute Gasteiger partial charge is 0.308 e. The van der Waals surface area contributed by atoms with Crippen LogP contribution in [0.1, 0.15) is 41.6 Å². The fourth-order valence-electron chi connectivity index (χ4n) is 3.36. The molecule has 2 aromatic rings. The predicted octanol–water partition coefficient (Wildman–Crippen LogP) is 2.31. The average Bonchev–Trinajstić information content (AvgIpc) is 2.74. The van der Waals surface area contributed by atoms with Crippen molar-refractivity contribution in [1.29, 1.82) is 5.41 Å². The Morgan fingerprint density at radius 2 is 1.79 bits per heavy atom. The summed E-state index contributed by atoms with van der Waals surface area (Å²) in [5.41, 5.74) is 7.86. The number of nitrogen functional groups attached to an aromatic ring is 1. The zero-order valence-corrected chi connectivity index (χ0v) is 16.9. The number of rotatable bonds is 5. The predicted molar refractivity (Wildman–Crippen MR) is 111 cm³/mol. The summed E-state index contributed by atoms with van der Waals surface area (Å²) in [6.07, 6.45) is 4.33. The molecule has 29 heavy (non-hydrogen) atoms. The molecule has 1 heterocycles. The van der Waals surface area contributed by atoms with Crippen molar-refractivity contribution in [2.75, 3.05) is 7.11 Å². The number of benzene rings is 1. The van der Waals surface area contributed by atoms with Gasteiger partial charge in [0.05, 0.1) is 30.5 Å². The van der Waals surface area contributed by atoms with Gasteiger partial charge in [-0.3, -0.25) is 15.0 Å². The third-order valence-corrected chi connectivity index (χ3v) is 5.01. The van der Waals surface area contributed by atoms with Crippen LogP contribution in [0, 0.1) is 11.3 Å². The second-order valence-corrected chi connectivity index (χ2v) is 6.87. The topological polar surface area (TPSA) is 131 Å². The van der Waals surface area contributed by atoms with E-state index in [9.17, 15) is 9.59 Å². The van der Waals surface area contributed by atoms with Gasteiger partial charge >= 0.3 is 5.97 Å². The number of nitrogens with zero attached hydrogens (tertiary/aromatic N) is 2. The van der Waals surface area contributed by atoms with E-state index in [1.165, 1.54) is 13.3 Å². The van der Waals surface area contributed by atoms with Gasteiger partial charge in [-0.15, -0.1) is 12.4 Å². The lowest BCUT2D eigenvalue weighted by molar-refractivity contribution is -0.146. The van der Waals surface area contributed by atoms with Crippen molar-refractivity contribution in [2.45, 2.75) is 31.7 Å². The van der Waals surface area contributed by atoms with Crippen LogP contribution in [0.15, 0.2) is 36.5 Å². The molecule has 4 N–H and O–H groups in total. The largest absolute Gasteiger partial charge is 0.469 e. The second-order valence-electron chi connectivity index (χ2n) is 6.87. The molecular weight excluding hydrogens is 394 g/mol. The first-order chi connectivity index (χ1) is 13.5. The van der Waals surface area contributed by atoms with Crippen molar-refractivity contribution < 1.29 is 14.3 Å². The molecule has 0 saturated heterocycles. The number of carbonyl (C=O) groups excluding carboxylic acids is 2. The second kappa shape index (κ2) is 9.97. The molecule has 1 aromatic heterocycles. The number of ether oxygens (including phenoxy) is 1. The Morgan fingerprint density at radius 3 is 2.38 bits per heavy atom. The summed E-state index contributed by atoms with van der Waals surface area (Å²) in [6.45, 7) is 0. The zero-order chi connectivity index (χ0) is 20.1. The van der Waals surface area contributed by atoms with E-state index >= 15 is 0 Å². The number of halogens is 1. The van der Waals surface area contributed by atoms with E-state index in [4.69, 9.17) is 15.9 Å². The molecule has 1 aliphatic carbocycles. The summed E-state index contributed by atoms with van der Waals surface area (Å²) in [6, 6.07) is 8.75. The highest BCUT2D eigenvalue weighted by Crippen LogP contribution is 2.25. The number of hydrogen-bond donors (Lipinski definition) is 3. The lowest BCUT2D eigenvalue weighted by Gasteiger charge is -2.27. The summed E-state index contributed by atoms with van der Waals surface area (Å²) >= 11 is 0. The minimum Gasteiger partial charge on any atom is -0.469 e. The van der Waals surface area contributed by atoms with Crippen LogP contribution < -0.4 is 11.1 Å². The van der Waals surface area contributed by atoms with Crippen molar-refractivity contribution >= 4 is 30.1 Å². The van der Waals surface area contributed by atoms with Crippen molar-refractivity contribution in [1.82, 2.24) is 15.5 Å². The van der Waals surface area contributed by atoms with Gasteiger partial charge in [0.25, 0.3) is 5.91 Å². The number of amidine groups is 1. The van der Waals surface area contributed by atoms with Gasteiger partial charge < -0.3 is 15.8 Å². The number of nitrogens with two attached hydrogens (primary N) is 1. The molecule has 1 saturated carbocycles. The highest BCUT2D eigenvalue weighted by atomic mass is 35.5. The molecule has 9 heteroatoms. The Labute approximate surface area is 175 Å². The normalized spacial score (nSPS) is 18.2. The molecule has 0 spiro atoms.